The summed E-state index contributed by atoms with van der Waals surface area (Å²) in [5, 5.41) is 0. The largest absolute Gasteiger partial charge is 0.243 e. The highest BCUT2D eigenvalue weighted by Gasteiger charge is 2.34. The predicted octanol–water partition coefficient (Wildman–Crippen LogP) is 4.57. The second-order valence-corrected chi connectivity index (χ2v) is 8.91. The number of rotatable bonds is 5. The lowest BCUT2D eigenvalue weighted by molar-refractivity contribution is 0.309. The van der Waals surface area contributed by atoms with E-state index in [9.17, 15) is 8.42 Å². The molecular formula is C23H23NO2S. The summed E-state index contributed by atoms with van der Waals surface area (Å²) in [6.45, 7) is 3.22. The fourth-order valence-corrected chi connectivity index (χ4v) is 5.56. The number of sulfonamides is 1. The first-order valence-electron chi connectivity index (χ1n) is 9.28. The lowest BCUT2D eigenvalue weighted by Crippen LogP contribution is -2.42. The Labute approximate surface area is 161 Å². The molecule has 1 fully saturated rings. The summed E-state index contributed by atoms with van der Waals surface area (Å²) in [5.74, 6) is -0.125. The van der Waals surface area contributed by atoms with Crippen molar-refractivity contribution in [1.82, 2.24) is 4.31 Å². The van der Waals surface area contributed by atoms with Crippen LogP contribution in [0.3, 0.4) is 0 Å². The standard InChI is InChI=1S/C23H23NO2S/c1-18-10-8-15-21(27(25,26)24-16-9-17-24)22(18)23(19-11-4-2-5-12-19)20-13-6-3-7-14-20/h2-8,10-15,23H,9,16-17H2,1H3. The monoisotopic (exact) mass is 377 g/mol. The van der Waals surface area contributed by atoms with Crippen molar-refractivity contribution in [2.75, 3.05) is 13.1 Å². The minimum Gasteiger partial charge on any atom is -0.207 e. The van der Waals surface area contributed by atoms with Crippen LogP contribution in [-0.4, -0.2) is 25.8 Å². The van der Waals surface area contributed by atoms with Crippen LogP contribution in [0.25, 0.3) is 0 Å². The third kappa shape index (κ3) is 3.31. The molecule has 3 aromatic carbocycles. The van der Waals surface area contributed by atoms with Crippen molar-refractivity contribution in [3.8, 4) is 0 Å². The van der Waals surface area contributed by atoms with Gasteiger partial charge in [-0.15, -0.1) is 0 Å². The molecule has 138 valence electrons. The zero-order valence-electron chi connectivity index (χ0n) is 15.4. The zero-order chi connectivity index (χ0) is 18.9. The summed E-state index contributed by atoms with van der Waals surface area (Å²) in [7, 11) is -3.48. The summed E-state index contributed by atoms with van der Waals surface area (Å²) in [6, 6.07) is 25.9. The van der Waals surface area contributed by atoms with E-state index in [1.807, 2.05) is 55.5 Å². The SMILES string of the molecule is Cc1cccc(S(=O)(=O)N2CCC2)c1C(c1ccccc1)c1ccccc1. The Balaban J connectivity index is 1.96. The van der Waals surface area contributed by atoms with Crippen molar-refractivity contribution >= 4 is 10.0 Å². The molecule has 0 spiro atoms. The van der Waals surface area contributed by atoms with Gasteiger partial charge in [0.2, 0.25) is 10.0 Å². The first-order chi connectivity index (χ1) is 13.1. The van der Waals surface area contributed by atoms with E-state index >= 15 is 0 Å². The highest BCUT2D eigenvalue weighted by molar-refractivity contribution is 7.89. The fraction of sp³-hybridized carbons (Fsp3) is 0.217. The third-order valence-electron chi connectivity index (χ3n) is 5.27. The molecule has 0 atom stereocenters. The molecule has 0 aliphatic carbocycles. The van der Waals surface area contributed by atoms with Gasteiger partial charge in [-0.25, -0.2) is 8.42 Å². The minimum atomic E-state index is -3.48. The Kier molecular flexibility index (Phi) is 4.85. The van der Waals surface area contributed by atoms with Gasteiger partial charge in [0, 0.05) is 19.0 Å². The zero-order valence-corrected chi connectivity index (χ0v) is 16.2. The van der Waals surface area contributed by atoms with Gasteiger partial charge in [0.25, 0.3) is 0 Å². The Bertz CT molecular complexity index is 987. The summed E-state index contributed by atoms with van der Waals surface area (Å²) in [6.07, 6.45) is 0.932. The van der Waals surface area contributed by atoms with Crippen LogP contribution in [0, 0.1) is 6.92 Å². The van der Waals surface area contributed by atoms with Crippen LogP contribution in [-0.2, 0) is 10.0 Å². The van der Waals surface area contributed by atoms with E-state index in [0.717, 1.165) is 28.7 Å². The van der Waals surface area contributed by atoms with E-state index in [2.05, 4.69) is 24.3 Å². The average Bonchev–Trinajstić information content (AvgIpc) is 2.63. The number of aryl methyl sites for hydroxylation is 1. The third-order valence-corrected chi connectivity index (χ3v) is 7.23. The molecule has 3 aromatic rings. The molecule has 1 aliphatic rings. The molecule has 1 aliphatic heterocycles. The van der Waals surface area contributed by atoms with E-state index in [1.165, 1.54) is 0 Å². The molecule has 0 amide bonds. The minimum absolute atomic E-state index is 0.125. The van der Waals surface area contributed by atoms with E-state index in [4.69, 9.17) is 0 Å². The molecule has 0 N–H and O–H groups in total. The van der Waals surface area contributed by atoms with Gasteiger partial charge in [0.05, 0.1) is 4.90 Å². The second-order valence-electron chi connectivity index (χ2n) is 7.00. The molecule has 4 heteroatoms. The van der Waals surface area contributed by atoms with Crippen LogP contribution in [0.15, 0.2) is 83.8 Å². The smallest absolute Gasteiger partial charge is 0.207 e. The maximum atomic E-state index is 13.3. The van der Waals surface area contributed by atoms with Crippen molar-refractivity contribution in [1.29, 1.82) is 0 Å². The van der Waals surface area contributed by atoms with Crippen LogP contribution >= 0.6 is 0 Å². The van der Waals surface area contributed by atoms with Gasteiger partial charge < -0.3 is 0 Å². The Morgan fingerprint density at radius 1 is 0.778 bits per heavy atom. The van der Waals surface area contributed by atoms with Crippen LogP contribution < -0.4 is 0 Å². The maximum Gasteiger partial charge on any atom is 0.243 e. The summed E-state index contributed by atoms with van der Waals surface area (Å²) in [5.41, 5.74) is 4.06. The van der Waals surface area contributed by atoms with Crippen molar-refractivity contribution in [3.63, 3.8) is 0 Å². The van der Waals surface area contributed by atoms with E-state index in [-0.39, 0.29) is 5.92 Å². The Hall–Kier alpha value is -2.43. The number of benzene rings is 3. The molecule has 0 bridgehead atoms. The van der Waals surface area contributed by atoms with Crippen LogP contribution in [0.5, 0.6) is 0 Å². The van der Waals surface area contributed by atoms with Gasteiger partial charge in [-0.1, -0.05) is 72.8 Å². The number of hydrogen-bond acceptors (Lipinski definition) is 2. The maximum absolute atomic E-state index is 13.3. The molecular weight excluding hydrogens is 354 g/mol. The van der Waals surface area contributed by atoms with Crippen molar-refractivity contribution in [2.24, 2.45) is 0 Å². The van der Waals surface area contributed by atoms with Gasteiger partial charge in [-0.05, 0) is 41.7 Å². The topological polar surface area (TPSA) is 37.4 Å². The lowest BCUT2D eigenvalue weighted by Gasteiger charge is -2.32. The van der Waals surface area contributed by atoms with Gasteiger partial charge in [0.15, 0.2) is 0 Å². The summed E-state index contributed by atoms with van der Waals surface area (Å²) in [4.78, 5) is 0.430. The van der Waals surface area contributed by atoms with Crippen LogP contribution in [0.4, 0.5) is 0 Å². The first kappa shape index (κ1) is 18.0. The van der Waals surface area contributed by atoms with E-state index in [0.29, 0.717) is 18.0 Å². The number of hydrogen-bond donors (Lipinski definition) is 0. The Morgan fingerprint density at radius 2 is 1.33 bits per heavy atom. The van der Waals surface area contributed by atoms with Crippen LogP contribution in [0.1, 0.15) is 34.6 Å². The molecule has 0 aromatic heterocycles. The Morgan fingerprint density at radius 3 is 1.81 bits per heavy atom. The molecule has 0 radical (unpaired) electrons. The van der Waals surface area contributed by atoms with Crippen LogP contribution in [0.2, 0.25) is 0 Å². The van der Waals surface area contributed by atoms with Crippen molar-refractivity contribution < 1.29 is 8.42 Å². The highest BCUT2D eigenvalue weighted by atomic mass is 32.2. The predicted molar refractivity (Wildman–Crippen MR) is 108 cm³/mol. The molecule has 1 heterocycles. The summed E-state index contributed by atoms with van der Waals surface area (Å²) < 4.78 is 28.1. The van der Waals surface area contributed by atoms with Crippen molar-refractivity contribution in [2.45, 2.75) is 24.2 Å². The first-order valence-corrected chi connectivity index (χ1v) is 10.7. The number of nitrogens with zero attached hydrogens (tertiary/aromatic N) is 1. The van der Waals surface area contributed by atoms with Crippen molar-refractivity contribution in [3.05, 3.63) is 101 Å². The lowest BCUT2D eigenvalue weighted by atomic mass is 9.83. The molecule has 27 heavy (non-hydrogen) atoms. The van der Waals surface area contributed by atoms with Gasteiger partial charge in [-0.3, -0.25) is 0 Å². The molecule has 3 nitrogen and oxygen atoms in total. The molecule has 0 saturated carbocycles. The van der Waals surface area contributed by atoms with E-state index < -0.39 is 10.0 Å². The quantitative estimate of drug-likeness (QED) is 0.611. The van der Waals surface area contributed by atoms with Gasteiger partial charge in [0.1, 0.15) is 0 Å². The summed E-state index contributed by atoms with van der Waals surface area (Å²) >= 11 is 0. The normalized spacial score (nSPS) is 14.9. The van der Waals surface area contributed by atoms with Gasteiger partial charge >= 0.3 is 0 Å². The van der Waals surface area contributed by atoms with E-state index in [1.54, 1.807) is 10.4 Å². The molecule has 4 rings (SSSR count). The second kappa shape index (κ2) is 7.29. The molecule has 0 unspecified atom stereocenters. The molecule has 1 saturated heterocycles. The highest BCUT2D eigenvalue weighted by Crippen LogP contribution is 2.39. The van der Waals surface area contributed by atoms with Gasteiger partial charge in [-0.2, -0.15) is 4.31 Å². The fourth-order valence-electron chi connectivity index (χ4n) is 3.73. The average molecular weight is 378 g/mol.